The maximum atomic E-state index is 12.6. The number of carbonyl (C=O) groups excluding carboxylic acids is 2. The number of fused-ring (bicyclic) bond motifs is 1. The number of nitrogens with one attached hydrogen (secondary N) is 1. The third-order valence-electron chi connectivity index (χ3n) is 5.40. The van der Waals surface area contributed by atoms with E-state index in [1.807, 2.05) is 30.3 Å². The van der Waals surface area contributed by atoms with Gasteiger partial charge >= 0.3 is 11.7 Å². The average molecular weight is 497 g/mol. The molecule has 0 fully saturated rings. The van der Waals surface area contributed by atoms with Crippen molar-refractivity contribution in [2.75, 3.05) is 11.9 Å². The highest BCUT2D eigenvalue weighted by molar-refractivity contribution is 7.18. The molecule has 0 spiro atoms. The number of thiazole rings is 1. The van der Waals surface area contributed by atoms with E-state index >= 15 is 0 Å². The van der Waals surface area contributed by atoms with E-state index in [0.717, 1.165) is 21.5 Å². The Morgan fingerprint density at radius 1 is 1.11 bits per heavy atom. The molecule has 0 bridgehead atoms. The molecule has 0 saturated heterocycles. The third kappa shape index (κ3) is 4.78. The Morgan fingerprint density at radius 3 is 2.57 bits per heavy atom. The lowest BCUT2D eigenvalue weighted by molar-refractivity contribution is -0.116. The van der Waals surface area contributed by atoms with Crippen LogP contribution in [-0.4, -0.2) is 42.2 Å². The standard InChI is InChI=1S/C23H24N6O5S/c1-4-34-21(32)18-16(14-9-6-5-7-10-14)26-22(35-18)25-15(30)11-8-12-29-13-24-19-17(29)20(31)28(3)23(33)27(19)2/h5-7,9-10,13H,4,8,11-12H2,1-3H3,(H,25,26,30). The molecule has 0 atom stereocenters. The van der Waals surface area contributed by atoms with E-state index in [0.29, 0.717) is 39.8 Å². The molecule has 12 heteroatoms. The van der Waals surface area contributed by atoms with Crippen molar-refractivity contribution in [3.63, 3.8) is 0 Å². The van der Waals surface area contributed by atoms with Crippen LogP contribution < -0.4 is 16.6 Å². The number of esters is 1. The molecule has 4 rings (SSSR count). The molecule has 0 aliphatic carbocycles. The molecule has 3 aromatic heterocycles. The topological polar surface area (TPSA) is 130 Å². The highest BCUT2D eigenvalue weighted by Gasteiger charge is 2.21. The van der Waals surface area contributed by atoms with Crippen LogP contribution in [0.3, 0.4) is 0 Å². The fourth-order valence-electron chi connectivity index (χ4n) is 3.66. The van der Waals surface area contributed by atoms with E-state index in [9.17, 15) is 19.2 Å². The molecule has 0 aliphatic heterocycles. The second-order valence-corrected chi connectivity index (χ2v) is 8.75. The average Bonchev–Trinajstić information content (AvgIpc) is 3.47. The van der Waals surface area contributed by atoms with E-state index in [4.69, 9.17) is 4.74 Å². The van der Waals surface area contributed by atoms with Crippen molar-refractivity contribution in [1.82, 2.24) is 23.7 Å². The smallest absolute Gasteiger partial charge is 0.350 e. The van der Waals surface area contributed by atoms with Gasteiger partial charge in [0.15, 0.2) is 16.3 Å². The molecule has 0 saturated carbocycles. The predicted molar refractivity (Wildman–Crippen MR) is 132 cm³/mol. The number of rotatable bonds is 8. The van der Waals surface area contributed by atoms with Gasteiger partial charge in [-0.15, -0.1) is 0 Å². The zero-order valence-electron chi connectivity index (χ0n) is 19.5. The number of anilines is 1. The first kappa shape index (κ1) is 24.1. The van der Waals surface area contributed by atoms with Crippen molar-refractivity contribution >= 4 is 39.5 Å². The van der Waals surface area contributed by atoms with Gasteiger partial charge in [-0.2, -0.15) is 0 Å². The lowest BCUT2D eigenvalue weighted by atomic mass is 10.1. The van der Waals surface area contributed by atoms with E-state index in [-0.39, 0.29) is 18.9 Å². The fourth-order valence-corrected chi connectivity index (χ4v) is 4.56. The normalized spacial score (nSPS) is 11.1. The number of ether oxygens (including phenoxy) is 1. The van der Waals surface area contributed by atoms with E-state index in [2.05, 4.69) is 15.3 Å². The monoisotopic (exact) mass is 496 g/mol. The largest absolute Gasteiger partial charge is 0.462 e. The lowest BCUT2D eigenvalue weighted by Crippen LogP contribution is -2.37. The van der Waals surface area contributed by atoms with Crippen LogP contribution in [0, 0.1) is 0 Å². The predicted octanol–water partition coefficient (Wildman–Crippen LogP) is 2.15. The van der Waals surface area contributed by atoms with Crippen LogP contribution in [0.25, 0.3) is 22.4 Å². The number of hydrogen-bond donors (Lipinski definition) is 1. The number of nitrogens with zero attached hydrogens (tertiary/aromatic N) is 5. The zero-order chi connectivity index (χ0) is 25.1. The summed E-state index contributed by atoms with van der Waals surface area (Å²) < 4.78 is 9.13. The van der Waals surface area contributed by atoms with Crippen LogP contribution in [0.5, 0.6) is 0 Å². The summed E-state index contributed by atoms with van der Waals surface area (Å²) in [6.07, 6.45) is 2.06. The van der Waals surface area contributed by atoms with Crippen LogP contribution in [0.4, 0.5) is 5.13 Å². The number of hydrogen-bond acceptors (Lipinski definition) is 8. The summed E-state index contributed by atoms with van der Waals surface area (Å²) in [5.74, 6) is -0.772. The van der Waals surface area contributed by atoms with Crippen LogP contribution >= 0.6 is 11.3 Å². The van der Waals surface area contributed by atoms with Crippen LogP contribution in [0.2, 0.25) is 0 Å². The quantitative estimate of drug-likeness (QED) is 0.370. The summed E-state index contributed by atoms with van der Waals surface area (Å²) in [6, 6.07) is 9.21. The number of aromatic nitrogens is 5. The molecule has 1 aromatic carbocycles. The molecule has 1 amide bonds. The SMILES string of the molecule is CCOC(=O)c1sc(NC(=O)CCCn2cnc3c2c(=O)n(C)c(=O)n3C)nc1-c1ccccc1. The number of aryl methyl sites for hydroxylation is 2. The molecule has 1 N–H and O–H groups in total. The Labute approximate surface area is 203 Å². The minimum absolute atomic E-state index is 0.154. The van der Waals surface area contributed by atoms with E-state index in [1.165, 1.54) is 17.9 Å². The molecule has 11 nitrogen and oxygen atoms in total. The van der Waals surface area contributed by atoms with Gasteiger partial charge in [0.1, 0.15) is 4.88 Å². The highest BCUT2D eigenvalue weighted by atomic mass is 32.1. The van der Waals surface area contributed by atoms with Gasteiger partial charge in [-0.05, 0) is 13.3 Å². The summed E-state index contributed by atoms with van der Waals surface area (Å²) >= 11 is 1.06. The van der Waals surface area contributed by atoms with Gasteiger partial charge in [-0.1, -0.05) is 41.7 Å². The number of amides is 1. The molecule has 3 heterocycles. The first-order chi connectivity index (χ1) is 16.8. The second-order valence-electron chi connectivity index (χ2n) is 7.75. The zero-order valence-corrected chi connectivity index (χ0v) is 20.3. The maximum absolute atomic E-state index is 12.6. The minimum Gasteiger partial charge on any atom is -0.462 e. The molecule has 4 aromatic rings. The fraction of sp³-hybridized carbons (Fsp3) is 0.304. The second kappa shape index (κ2) is 10.1. The van der Waals surface area contributed by atoms with Crippen molar-refractivity contribution in [2.24, 2.45) is 14.1 Å². The Morgan fingerprint density at radius 2 is 1.86 bits per heavy atom. The minimum atomic E-state index is -0.493. The van der Waals surface area contributed by atoms with Crippen LogP contribution in [0.15, 0.2) is 46.2 Å². The van der Waals surface area contributed by atoms with Gasteiger partial charge in [0.05, 0.1) is 18.6 Å². The molecular formula is C23H24N6O5S. The Kier molecular flexibility index (Phi) is 6.92. The highest BCUT2D eigenvalue weighted by Crippen LogP contribution is 2.32. The molecule has 182 valence electrons. The van der Waals surface area contributed by atoms with Crippen LogP contribution in [0.1, 0.15) is 29.4 Å². The summed E-state index contributed by atoms with van der Waals surface area (Å²) in [4.78, 5) is 58.6. The molecule has 0 aliphatic rings. The number of imidazole rings is 1. The number of carbonyl (C=O) groups is 2. The van der Waals surface area contributed by atoms with Gasteiger partial charge < -0.3 is 14.6 Å². The van der Waals surface area contributed by atoms with Gasteiger partial charge in [-0.3, -0.25) is 18.7 Å². The summed E-state index contributed by atoms with van der Waals surface area (Å²) in [7, 11) is 2.97. The van der Waals surface area contributed by atoms with Crippen molar-refractivity contribution in [3.05, 3.63) is 62.4 Å². The Hall–Kier alpha value is -4.06. The van der Waals surface area contributed by atoms with Gasteiger partial charge in [0.2, 0.25) is 5.91 Å². The van der Waals surface area contributed by atoms with Crippen molar-refractivity contribution in [3.8, 4) is 11.3 Å². The lowest BCUT2D eigenvalue weighted by Gasteiger charge is -2.06. The first-order valence-corrected chi connectivity index (χ1v) is 11.8. The summed E-state index contributed by atoms with van der Waals surface area (Å²) in [6.45, 7) is 2.31. The molecular weight excluding hydrogens is 472 g/mol. The molecule has 0 unspecified atom stereocenters. The summed E-state index contributed by atoms with van der Waals surface area (Å²) in [5, 5.41) is 3.05. The van der Waals surface area contributed by atoms with E-state index < -0.39 is 17.2 Å². The molecule has 0 radical (unpaired) electrons. The van der Waals surface area contributed by atoms with Crippen molar-refractivity contribution in [1.29, 1.82) is 0 Å². The maximum Gasteiger partial charge on any atom is 0.350 e. The number of benzene rings is 1. The Bertz CT molecular complexity index is 1520. The van der Waals surface area contributed by atoms with Gasteiger partial charge in [-0.25, -0.2) is 19.6 Å². The van der Waals surface area contributed by atoms with Crippen LogP contribution in [-0.2, 0) is 30.2 Å². The summed E-state index contributed by atoms with van der Waals surface area (Å²) in [5.41, 5.74) is 0.915. The van der Waals surface area contributed by atoms with Gasteiger partial charge in [0.25, 0.3) is 5.56 Å². The van der Waals surface area contributed by atoms with Crippen molar-refractivity contribution < 1.29 is 14.3 Å². The third-order valence-corrected chi connectivity index (χ3v) is 6.35. The first-order valence-electron chi connectivity index (χ1n) is 11.0. The Balaban J connectivity index is 1.47. The van der Waals surface area contributed by atoms with Gasteiger partial charge in [0, 0.05) is 32.6 Å². The van der Waals surface area contributed by atoms with E-state index in [1.54, 1.807) is 18.5 Å². The van der Waals surface area contributed by atoms with Crippen molar-refractivity contribution in [2.45, 2.75) is 26.3 Å². The molecule has 35 heavy (non-hydrogen) atoms.